The third-order valence-corrected chi connectivity index (χ3v) is 3.26. The molecule has 1 saturated carbocycles. The molecule has 2 N–H and O–H groups in total. The molecular weight excluding hydrogens is 261 g/mol. The van der Waals surface area contributed by atoms with E-state index in [-0.39, 0.29) is 23.1 Å². The van der Waals surface area contributed by atoms with Gasteiger partial charge in [-0.15, -0.1) is 0 Å². The van der Waals surface area contributed by atoms with Crippen LogP contribution < -0.4 is 5.32 Å². The summed E-state index contributed by atoms with van der Waals surface area (Å²) in [5.74, 6) is -1.73. The van der Waals surface area contributed by atoms with Gasteiger partial charge in [0, 0.05) is 6.04 Å². The summed E-state index contributed by atoms with van der Waals surface area (Å²) in [5, 5.41) is 11.8. The van der Waals surface area contributed by atoms with Gasteiger partial charge in [0.25, 0.3) is 0 Å². The summed E-state index contributed by atoms with van der Waals surface area (Å²) in [7, 11) is 0. The molecule has 0 saturated heterocycles. The minimum absolute atomic E-state index is 0.0334. The number of aliphatic carboxylic acids is 1. The highest BCUT2D eigenvalue weighted by atomic mass is 35.5. The van der Waals surface area contributed by atoms with Gasteiger partial charge in [-0.1, -0.05) is 6.42 Å². The van der Waals surface area contributed by atoms with Crippen molar-refractivity contribution in [3.05, 3.63) is 17.3 Å². The van der Waals surface area contributed by atoms with Crippen molar-refractivity contribution in [1.82, 2.24) is 9.97 Å². The Hall–Kier alpha value is -1.43. The fourth-order valence-corrected chi connectivity index (χ4v) is 2.32. The maximum atomic E-state index is 13.4. The van der Waals surface area contributed by atoms with Crippen molar-refractivity contribution in [2.75, 3.05) is 5.32 Å². The number of rotatable bonds is 3. The number of carboxylic acids is 1. The third-order valence-electron chi connectivity index (χ3n) is 3.08. The molecule has 2 rings (SSSR count). The number of carboxylic acid groups (broad SMARTS) is 1. The number of halogens is 2. The predicted octanol–water partition coefficient (Wildman–Crippen LogP) is 2.32. The van der Waals surface area contributed by atoms with Crippen LogP contribution in [0.4, 0.5) is 10.2 Å². The van der Waals surface area contributed by atoms with Gasteiger partial charge in [-0.05, 0) is 30.9 Å². The Kier molecular flexibility index (Phi) is 3.96. The van der Waals surface area contributed by atoms with E-state index in [1.165, 1.54) is 0 Å². The molecule has 1 fully saturated rings. The van der Waals surface area contributed by atoms with E-state index >= 15 is 0 Å². The summed E-state index contributed by atoms with van der Waals surface area (Å²) in [6.07, 6.45) is 3.73. The van der Waals surface area contributed by atoms with Crippen LogP contribution in [0.5, 0.6) is 0 Å². The second-order valence-electron chi connectivity index (χ2n) is 4.38. The standard InChI is InChI=1S/C11H13ClFN3O2/c12-11-14-5-8(13)9(16-11)15-7-3-1-2-6(4-7)10(17)18/h5-7H,1-4H2,(H,17,18)(H,14,15,16)/t6?,7-/m0/s1. The van der Waals surface area contributed by atoms with E-state index in [1.54, 1.807) is 0 Å². The van der Waals surface area contributed by atoms with Gasteiger partial charge in [0.15, 0.2) is 11.6 Å². The van der Waals surface area contributed by atoms with E-state index in [2.05, 4.69) is 15.3 Å². The molecule has 0 radical (unpaired) electrons. The first-order chi connectivity index (χ1) is 8.56. The first kappa shape index (κ1) is 13.0. The van der Waals surface area contributed by atoms with Crippen LogP contribution in [0.3, 0.4) is 0 Å². The summed E-state index contributed by atoms with van der Waals surface area (Å²) < 4.78 is 13.4. The van der Waals surface area contributed by atoms with Crippen LogP contribution in [0.15, 0.2) is 6.20 Å². The number of nitrogens with zero attached hydrogens (tertiary/aromatic N) is 2. The Bertz CT molecular complexity index is 458. The zero-order valence-corrected chi connectivity index (χ0v) is 10.3. The predicted molar refractivity (Wildman–Crippen MR) is 64.0 cm³/mol. The number of carbonyl (C=O) groups is 1. The van der Waals surface area contributed by atoms with Gasteiger partial charge in [-0.25, -0.2) is 9.37 Å². The molecule has 5 nitrogen and oxygen atoms in total. The van der Waals surface area contributed by atoms with Gasteiger partial charge in [0.1, 0.15) is 0 Å². The normalized spacial score (nSPS) is 23.7. The summed E-state index contributed by atoms with van der Waals surface area (Å²) in [4.78, 5) is 18.2. The van der Waals surface area contributed by atoms with Crippen molar-refractivity contribution in [3.8, 4) is 0 Å². The molecule has 1 aromatic rings. The molecule has 18 heavy (non-hydrogen) atoms. The molecule has 0 spiro atoms. The van der Waals surface area contributed by atoms with Gasteiger partial charge < -0.3 is 10.4 Å². The molecule has 1 aromatic heterocycles. The van der Waals surface area contributed by atoms with Crippen LogP contribution in [-0.4, -0.2) is 27.1 Å². The largest absolute Gasteiger partial charge is 0.481 e. The van der Waals surface area contributed by atoms with Gasteiger partial charge in [-0.2, -0.15) is 4.98 Å². The molecule has 0 amide bonds. The summed E-state index contributed by atoms with van der Waals surface area (Å²) in [6.45, 7) is 0. The average Bonchev–Trinajstić information content (AvgIpc) is 2.34. The third kappa shape index (κ3) is 3.07. The zero-order chi connectivity index (χ0) is 13.1. The van der Waals surface area contributed by atoms with Crippen LogP contribution in [0.1, 0.15) is 25.7 Å². The lowest BCUT2D eigenvalue weighted by Crippen LogP contribution is -2.31. The quantitative estimate of drug-likeness (QED) is 0.827. The number of nitrogens with one attached hydrogen (secondary N) is 1. The first-order valence-corrected chi connectivity index (χ1v) is 6.11. The number of hydrogen-bond donors (Lipinski definition) is 2. The molecule has 2 atom stereocenters. The van der Waals surface area contributed by atoms with Gasteiger partial charge >= 0.3 is 5.97 Å². The fourth-order valence-electron chi connectivity index (χ4n) is 2.19. The Morgan fingerprint density at radius 3 is 3.06 bits per heavy atom. The minimum Gasteiger partial charge on any atom is -0.481 e. The molecule has 0 aromatic carbocycles. The minimum atomic E-state index is -0.803. The molecule has 1 aliphatic carbocycles. The topological polar surface area (TPSA) is 75.1 Å². The van der Waals surface area contributed by atoms with E-state index in [0.29, 0.717) is 12.8 Å². The Labute approximate surface area is 108 Å². The van der Waals surface area contributed by atoms with Crippen molar-refractivity contribution in [1.29, 1.82) is 0 Å². The van der Waals surface area contributed by atoms with Crippen LogP contribution in [-0.2, 0) is 4.79 Å². The molecule has 1 heterocycles. The van der Waals surface area contributed by atoms with E-state index < -0.39 is 11.8 Å². The fraction of sp³-hybridized carbons (Fsp3) is 0.545. The average molecular weight is 274 g/mol. The number of anilines is 1. The van der Waals surface area contributed by atoms with Crippen molar-refractivity contribution in [2.24, 2.45) is 5.92 Å². The number of hydrogen-bond acceptors (Lipinski definition) is 4. The van der Waals surface area contributed by atoms with Gasteiger partial charge in [0.05, 0.1) is 12.1 Å². The molecule has 1 aliphatic rings. The lowest BCUT2D eigenvalue weighted by molar-refractivity contribution is -0.142. The SMILES string of the molecule is O=C(O)C1CCC[C@H](Nc2nc(Cl)ncc2F)C1. The molecule has 0 aliphatic heterocycles. The molecule has 0 bridgehead atoms. The molecule has 7 heteroatoms. The summed E-state index contributed by atoms with van der Waals surface area (Å²) in [5.41, 5.74) is 0. The summed E-state index contributed by atoms with van der Waals surface area (Å²) in [6, 6.07) is -0.0969. The van der Waals surface area contributed by atoms with Gasteiger partial charge in [0.2, 0.25) is 5.28 Å². The Balaban J connectivity index is 2.04. The maximum Gasteiger partial charge on any atom is 0.306 e. The second kappa shape index (κ2) is 5.48. The maximum absolute atomic E-state index is 13.4. The molecule has 98 valence electrons. The van der Waals surface area contributed by atoms with Crippen molar-refractivity contribution < 1.29 is 14.3 Å². The lowest BCUT2D eigenvalue weighted by Gasteiger charge is -2.27. The van der Waals surface area contributed by atoms with Crippen molar-refractivity contribution >= 4 is 23.4 Å². The van der Waals surface area contributed by atoms with E-state index in [0.717, 1.165) is 19.0 Å². The Morgan fingerprint density at radius 1 is 1.56 bits per heavy atom. The highest BCUT2D eigenvalue weighted by Crippen LogP contribution is 2.27. The van der Waals surface area contributed by atoms with Crippen LogP contribution in [0.25, 0.3) is 0 Å². The Morgan fingerprint density at radius 2 is 2.33 bits per heavy atom. The smallest absolute Gasteiger partial charge is 0.306 e. The van der Waals surface area contributed by atoms with Gasteiger partial charge in [-0.3, -0.25) is 4.79 Å². The van der Waals surface area contributed by atoms with Crippen LogP contribution >= 0.6 is 11.6 Å². The molecule has 1 unspecified atom stereocenters. The van der Waals surface area contributed by atoms with E-state index in [9.17, 15) is 9.18 Å². The summed E-state index contributed by atoms with van der Waals surface area (Å²) >= 11 is 5.59. The zero-order valence-electron chi connectivity index (χ0n) is 9.57. The number of aromatic nitrogens is 2. The van der Waals surface area contributed by atoms with E-state index in [1.807, 2.05) is 0 Å². The lowest BCUT2D eigenvalue weighted by atomic mass is 9.86. The second-order valence-corrected chi connectivity index (χ2v) is 4.72. The highest BCUT2D eigenvalue weighted by molar-refractivity contribution is 6.28. The van der Waals surface area contributed by atoms with Crippen LogP contribution in [0, 0.1) is 11.7 Å². The van der Waals surface area contributed by atoms with E-state index in [4.69, 9.17) is 16.7 Å². The van der Waals surface area contributed by atoms with Crippen LogP contribution in [0.2, 0.25) is 5.28 Å². The molecular formula is C11H13ClFN3O2. The van der Waals surface area contributed by atoms with Crippen molar-refractivity contribution in [2.45, 2.75) is 31.7 Å². The van der Waals surface area contributed by atoms with Crippen molar-refractivity contribution in [3.63, 3.8) is 0 Å². The highest BCUT2D eigenvalue weighted by Gasteiger charge is 2.27. The monoisotopic (exact) mass is 273 g/mol. The first-order valence-electron chi connectivity index (χ1n) is 5.73.